The molecule has 6 rings (SSSR count). The van der Waals surface area contributed by atoms with E-state index in [-0.39, 0.29) is 5.41 Å². The van der Waals surface area contributed by atoms with E-state index in [0.29, 0.717) is 40.4 Å². The van der Waals surface area contributed by atoms with Crippen LogP contribution < -0.4 is 0 Å². The molecule has 0 aromatic heterocycles. The van der Waals surface area contributed by atoms with Gasteiger partial charge in [-0.1, -0.05) is 115 Å². The summed E-state index contributed by atoms with van der Waals surface area (Å²) in [6.07, 6.45) is 11.9. The molecule has 0 nitrogen and oxygen atoms in total. The Bertz CT molecular complexity index is 1180. The van der Waals surface area contributed by atoms with Gasteiger partial charge in [-0.15, -0.1) is 0 Å². The number of fused-ring (bicyclic) bond motifs is 5. The molecule has 0 amide bonds. The minimum atomic E-state index is 0.130. The van der Waals surface area contributed by atoms with Gasteiger partial charge in [-0.2, -0.15) is 0 Å². The molecular weight excluding hydrogens is 456 g/mol. The quantitative estimate of drug-likeness (QED) is 0.355. The zero-order valence-electron chi connectivity index (χ0n) is 26.0. The predicted molar refractivity (Wildman–Crippen MR) is 166 cm³/mol. The molecule has 1 aromatic rings. The highest BCUT2D eigenvalue weighted by atomic mass is 14.7. The maximum Gasteiger partial charge on any atom is 0.0162 e. The molecule has 0 N–H and O–H groups in total. The van der Waals surface area contributed by atoms with Crippen molar-refractivity contribution < 1.29 is 0 Å². The molecule has 3 fully saturated rings. The standard InChI is InChI=1S/C36H48.C2H6/c1-21-12-10-11-13-27(21)22(2)16-28-23(3)19-36-24(4)17-31-33(35(31,8)9)29(25(36)5)18-26-14-15-34(6,7)20-30(26)32(28)36;1-2/h10-13,18-19,24,28-33H,2,5,14-17,20H2,1,3-4,6-9H3;1-2H3. The normalized spacial score (nSPS) is 39.6. The van der Waals surface area contributed by atoms with Crippen LogP contribution in [0.25, 0.3) is 5.57 Å². The molecule has 1 aromatic carbocycles. The van der Waals surface area contributed by atoms with Gasteiger partial charge >= 0.3 is 0 Å². The highest BCUT2D eigenvalue weighted by molar-refractivity contribution is 5.67. The van der Waals surface area contributed by atoms with E-state index in [1.165, 1.54) is 42.4 Å². The lowest BCUT2D eigenvalue weighted by Gasteiger charge is -2.50. The summed E-state index contributed by atoms with van der Waals surface area (Å²) in [5.74, 6) is 4.68. The summed E-state index contributed by atoms with van der Waals surface area (Å²) < 4.78 is 0. The third-order valence-corrected chi connectivity index (χ3v) is 12.1. The van der Waals surface area contributed by atoms with E-state index in [9.17, 15) is 0 Å². The van der Waals surface area contributed by atoms with E-state index in [2.05, 4.69) is 91.5 Å². The van der Waals surface area contributed by atoms with Crippen LogP contribution in [0.1, 0.15) is 98.6 Å². The molecule has 0 aliphatic heterocycles. The van der Waals surface area contributed by atoms with Crippen LogP contribution in [0.15, 0.2) is 66.3 Å². The monoisotopic (exact) mass is 510 g/mol. The second-order valence-electron chi connectivity index (χ2n) is 14.9. The van der Waals surface area contributed by atoms with Gasteiger partial charge in [0.2, 0.25) is 0 Å². The van der Waals surface area contributed by atoms with Crippen LogP contribution in [0.2, 0.25) is 0 Å². The number of hydrogen-bond acceptors (Lipinski definition) is 0. The van der Waals surface area contributed by atoms with Crippen LogP contribution >= 0.6 is 0 Å². The zero-order valence-corrected chi connectivity index (χ0v) is 26.0. The molecule has 0 heteroatoms. The number of allylic oxidation sites excluding steroid dienone is 6. The zero-order chi connectivity index (χ0) is 27.8. The van der Waals surface area contributed by atoms with Crippen molar-refractivity contribution in [2.24, 2.45) is 57.7 Å². The summed E-state index contributed by atoms with van der Waals surface area (Å²) in [7, 11) is 0. The van der Waals surface area contributed by atoms with E-state index in [1.54, 1.807) is 16.7 Å². The molecule has 8 unspecified atom stereocenters. The van der Waals surface area contributed by atoms with Gasteiger partial charge in [0.25, 0.3) is 0 Å². The molecule has 38 heavy (non-hydrogen) atoms. The van der Waals surface area contributed by atoms with Gasteiger partial charge in [0.1, 0.15) is 0 Å². The summed E-state index contributed by atoms with van der Waals surface area (Å²) in [4.78, 5) is 0. The van der Waals surface area contributed by atoms with Crippen molar-refractivity contribution in [3.63, 3.8) is 0 Å². The molecule has 2 bridgehead atoms. The predicted octanol–water partition coefficient (Wildman–Crippen LogP) is 10.9. The van der Waals surface area contributed by atoms with Crippen molar-refractivity contribution >= 4 is 5.57 Å². The molecule has 5 aliphatic carbocycles. The molecule has 3 saturated carbocycles. The maximum atomic E-state index is 5.05. The van der Waals surface area contributed by atoms with Gasteiger partial charge in [0, 0.05) is 11.3 Å². The van der Waals surface area contributed by atoms with Crippen molar-refractivity contribution in [1.82, 2.24) is 0 Å². The fraction of sp³-hybridized carbons (Fsp3) is 0.632. The smallest absolute Gasteiger partial charge is 0.0162 e. The summed E-state index contributed by atoms with van der Waals surface area (Å²) in [5, 5.41) is 0. The largest absolute Gasteiger partial charge is 0.0984 e. The van der Waals surface area contributed by atoms with E-state index in [0.717, 1.165) is 18.3 Å². The van der Waals surface area contributed by atoms with Gasteiger partial charge < -0.3 is 0 Å². The average Bonchev–Trinajstić information content (AvgIpc) is 3.32. The summed E-state index contributed by atoms with van der Waals surface area (Å²) in [5.41, 5.74) is 10.0. The van der Waals surface area contributed by atoms with E-state index < -0.39 is 0 Å². The van der Waals surface area contributed by atoms with Crippen LogP contribution in [-0.2, 0) is 0 Å². The van der Waals surface area contributed by atoms with Gasteiger partial charge in [-0.05, 0) is 109 Å². The SMILES string of the molecule is C=C(CC1C(C)=CC23C(=C)C(C=C4CCC(C)(C)CC4C12)C1C(CC3C)C1(C)C)c1ccccc1C.CC. The number of hydrogen-bond donors (Lipinski definition) is 0. The van der Waals surface area contributed by atoms with Crippen LogP contribution in [-0.4, -0.2) is 0 Å². The summed E-state index contributed by atoms with van der Waals surface area (Å²) in [6, 6.07) is 8.85. The second-order valence-corrected chi connectivity index (χ2v) is 14.9. The Labute approximate surface area is 234 Å². The third-order valence-electron chi connectivity index (χ3n) is 12.1. The maximum absolute atomic E-state index is 5.05. The number of aryl methyl sites for hydroxylation is 1. The van der Waals surface area contributed by atoms with Crippen molar-refractivity contribution in [3.05, 3.63) is 77.4 Å². The fourth-order valence-electron chi connectivity index (χ4n) is 10.1. The van der Waals surface area contributed by atoms with Crippen LogP contribution in [0, 0.1) is 64.6 Å². The molecule has 8 atom stereocenters. The Morgan fingerprint density at radius 3 is 2.39 bits per heavy atom. The first kappa shape index (κ1) is 27.7. The minimum absolute atomic E-state index is 0.130. The Kier molecular flexibility index (Phi) is 6.85. The van der Waals surface area contributed by atoms with E-state index in [1.807, 2.05) is 13.8 Å². The Balaban J connectivity index is 0.00000144. The molecule has 1 spiro atoms. The molecule has 5 aliphatic rings. The van der Waals surface area contributed by atoms with Crippen LogP contribution in [0.4, 0.5) is 0 Å². The van der Waals surface area contributed by atoms with Gasteiger partial charge in [-0.25, -0.2) is 0 Å². The molecular formula is C38H54. The van der Waals surface area contributed by atoms with E-state index >= 15 is 0 Å². The Morgan fingerprint density at radius 2 is 1.71 bits per heavy atom. The first-order valence-corrected chi connectivity index (χ1v) is 15.7. The van der Waals surface area contributed by atoms with Crippen LogP contribution in [0.3, 0.4) is 0 Å². The molecule has 0 saturated heterocycles. The fourth-order valence-corrected chi connectivity index (χ4v) is 10.1. The van der Waals surface area contributed by atoms with E-state index in [4.69, 9.17) is 6.58 Å². The van der Waals surface area contributed by atoms with Crippen molar-refractivity contribution in [2.75, 3.05) is 0 Å². The lowest BCUT2D eigenvalue weighted by molar-refractivity contribution is 0.0710. The molecule has 0 heterocycles. The summed E-state index contributed by atoms with van der Waals surface area (Å²) >= 11 is 0. The Morgan fingerprint density at radius 1 is 1.03 bits per heavy atom. The topological polar surface area (TPSA) is 0 Å². The first-order chi connectivity index (χ1) is 17.9. The second kappa shape index (κ2) is 9.38. The highest BCUT2D eigenvalue weighted by Gasteiger charge is 2.68. The Hall–Kier alpha value is -1.82. The van der Waals surface area contributed by atoms with Crippen molar-refractivity contribution in [1.29, 1.82) is 0 Å². The average molecular weight is 511 g/mol. The number of rotatable bonds is 3. The lowest BCUT2D eigenvalue weighted by atomic mass is 9.53. The number of benzene rings is 1. The molecule has 206 valence electrons. The lowest BCUT2D eigenvalue weighted by Crippen LogP contribution is -2.43. The highest BCUT2D eigenvalue weighted by Crippen LogP contribution is 2.75. The van der Waals surface area contributed by atoms with Crippen LogP contribution in [0.5, 0.6) is 0 Å². The van der Waals surface area contributed by atoms with Gasteiger partial charge in [0.05, 0.1) is 0 Å². The van der Waals surface area contributed by atoms with Crippen molar-refractivity contribution in [2.45, 2.75) is 94.4 Å². The molecule has 0 radical (unpaired) electrons. The third kappa shape index (κ3) is 3.98. The van der Waals surface area contributed by atoms with Crippen molar-refractivity contribution in [3.8, 4) is 0 Å². The minimum Gasteiger partial charge on any atom is -0.0984 e. The first-order valence-electron chi connectivity index (χ1n) is 15.7. The van der Waals surface area contributed by atoms with Gasteiger partial charge in [0.15, 0.2) is 0 Å². The van der Waals surface area contributed by atoms with Gasteiger partial charge in [-0.3, -0.25) is 0 Å². The summed E-state index contributed by atoms with van der Waals surface area (Å²) in [6.45, 7) is 31.1.